The molecule has 1 heterocycles. The van der Waals surface area contributed by atoms with Crippen LogP contribution in [-0.4, -0.2) is 31.1 Å². The average molecular weight is 279 g/mol. The summed E-state index contributed by atoms with van der Waals surface area (Å²) >= 11 is 6.04. The molecule has 0 spiro atoms. The van der Waals surface area contributed by atoms with Gasteiger partial charge >= 0.3 is 0 Å². The minimum atomic E-state index is -0.219. The number of hydrogen-bond donors (Lipinski definition) is 1. The van der Waals surface area contributed by atoms with Gasteiger partial charge in [0, 0.05) is 30.7 Å². The van der Waals surface area contributed by atoms with Crippen molar-refractivity contribution in [3.05, 3.63) is 34.6 Å². The van der Waals surface area contributed by atoms with E-state index in [9.17, 15) is 4.39 Å². The van der Waals surface area contributed by atoms with Gasteiger partial charge in [0.1, 0.15) is 5.82 Å². The molecule has 1 unspecified atom stereocenters. The second kappa shape index (κ2) is 6.55. The number of nitrogens with zero attached hydrogens (tertiary/aromatic N) is 1. The van der Waals surface area contributed by atoms with E-state index < -0.39 is 0 Å². The molecule has 1 aromatic carbocycles. The van der Waals surface area contributed by atoms with E-state index in [1.807, 2.05) is 7.05 Å². The summed E-state index contributed by atoms with van der Waals surface area (Å²) in [6.07, 6.45) is 1.14. The second-order valence-corrected chi connectivity index (χ2v) is 4.65. The summed E-state index contributed by atoms with van der Waals surface area (Å²) in [6, 6.07) is 5.09. The van der Waals surface area contributed by atoms with Crippen LogP contribution in [0.25, 0.3) is 0 Å². The van der Waals surface area contributed by atoms with E-state index in [4.69, 9.17) is 11.6 Å². The lowest BCUT2D eigenvalue weighted by atomic mass is 10.2. The monoisotopic (exact) mass is 278 g/mol. The zero-order chi connectivity index (χ0) is 11.5. The summed E-state index contributed by atoms with van der Waals surface area (Å²) in [7, 11) is 1.98. The maximum atomic E-state index is 13.1. The molecule has 1 N–H and O–H groups in total. The van der Waals surface area contributed by atoms with Crippen LogP contribution in [0.3, 0.4) is 0 Å². The van der Waals surface area contributed by atoms with Crippen LogP contribution in [-0.2, 0) is 6.54 Å². The van der Waals surface area contributed by atoms with Crippen molar-refractivity contribution in [1.29, 1.82) is 0 Å². The van der Waals surface area contributed by atoms with E-state index >= 15 is 0 Å². The van der Waals surface area contributed by atoms with Crippen molar-refractivity contribution >= 4 is 24.0 Å². The normalized spacial score (nSPS) is 20.3. The lowest BCUT2D eigenvalue weighted by molar-refractivity contribution is 0.322. The molecule has 0 bridgehead atoms. The average Bonchev–Trinajstić information content (AvgIpc) is 2.71. The van der Waals surface area contributed by atoms with E-state index in [1.165, 1.54) is 12.1 Å². The quantitative estimate of drug-likeness (QED) is 0.915. The summed E-state index contributed by atoms with van der Waals surface area (Å²) in [6.45, 7) is 2.77. The van der Waals surface area contributed by atoms with Gasteiger partial charge < -0.3 is 5.32 Å². The van der Waals surface area contributed by atoms with Crippen molar-refractivity contribution in [3.63, 3.8) is 0 Å². The van der Waals surface area contributed by atoms with E-state index in [1.54, 1.807) is 6.07 Å². The van der Waals surface area contributed by atoms with E-state index in [2.05, 4.69) is 10.2 Å². The lowest BCUT2D eigenvalue weighted by Gasteiger charge is -2.16. The minimum Gasteiger partial charge on any atom is -0.316 e. The molecule has 5 heteroatoms. The van der Waals surface area contributed by atoms with E-state index in [0.717, 1.165) is 31.6 Å². The third-order valence-corrected chi connectivity index (χ3v) is 3.45. The van der Waals surface area contributed by atoms with Crippen LogP contribution in [0.1, 0.15) is 12.0 Å². The summed E-state index contributed by atoms with van der Waals surface area (Å²) in [5.41, 5.74) is 0.874. The molecule has 17 heavy (non-hydrogen) atoms. The van der Waals surface area contributed by atoms with Crippen molar-refractivity contribution in [2.75, 3.05) is 20.1 Å². The fraction of sp³-hybridized carbons (Fsp3) is 0.500. The Bertz CT molecular complexity index is 374. The molecule has 0 amide bonds. The molecular formula is C12H17Cl2FN2. The summed E-state index contributed by atoms with van der Waals surface area (Å²) in [5.74, 6) is -0.219. The van der Waals surface area contributed by atoms with Crippen LogP contribution in [0.2, 0.25) is 5.02 Å². The van der Waals surface area contributed by atoms with Crippen LogP contribution in [0.15, 0.2) is 18.2 Å². The number of nitrogens with one attached hydrogen (secondary N) is 1. The summed E-state index contributed by atoms with van der Waals surface area (Å²) in [5, 5.41) is 3.90. The van der Waals surface area contributed by atoms with Crippen molar-refractivity contribution in [2.45, 2.75) is 19.0 Å². The van der Waals surface area contributed by atoms with Gasteiger partial charge in [-0.3, -0.25) is 4.90 Å². The Labute approximate surface area is 113 Å². The molecule has 0 radical (unpaired) electrons. The van der Waals surface area contributed by atoms with Gasteiger partial charge in [0.05, 0.1) is 0 Å². The SMILES string of the molecule is CNC1CCN(Cc2cc(F)ccc2Cl)C1.Cl. The lowest BCUT2D eigenvalue weighted by Crippen LogP contribution is -2.29. The van der Waals surface area contributed by atoms with Gasteiger partial charge in [-0.25, -0.2) is 4.39 Å². The number of rotatable bonds is 3. The molecule has 1 atom stereocenters. The highest BCUT2D eigenvalue weighted by Gasteiger charge is 2.21. The smallest absolute Gasteiger partial charge is 0.123 e. The predicted molar refractivity (Wildman–Crippen MR) is 71.4 cm³/mol. The molecular weight excluding hydrogens is 262 g/mol. The van der Waals surface area contributed by atoms with Crippen molar-refractivity contribution in [3.8, 4) is 0 Å². The highest BCUT2D eigenvalue weighted by molar-refractivity contribution is 6.31. The summed E-state index contributed by atoms with van der Waals surface area (Å²) < 4.78 is 13.1. The van der Waals surface area contributed by atoms with Crippen LogP contribution >= 0.6 is 24.0 Å². The van der Waals surface area contributed by atoms with E-state index in [-0.39, 0.29) is 18.2 Å². The Morgan fingerprint density at radius 3 is 2.94 bits per heavy atom. The molecule has 1 fully saturated rings. The molecule has 0 aliphatic carbocycles. The standard InChI is InChI=1S/C12H16ClFN2.ClH/c1-15-11-4-5-16(8-11)7-9-6-10(14)2-3-12(9)13;/h2-3,6,11,15H,4-5,7-8H2,1H3;1H. The van der Waals surface area contributed by atoms with Gasteiger partial charge in [0.15, 0.2) is 0 Å². The zero-order valence-electron chi connectivity index (χ0n) is 9.75. The maximum Gasteiger partial charge on any atom is 0.123 e. The molecule has 0 aromatic heterocycles. The fourth-order valence-electron chi connectivity index (χ4n) is 2.12. The van der Waals surface area contributed by atoms with Crippen LogP contribution in [0, 0.1) is 5.82 Å². The summed E-state index contributed by atoms with van der Waals surface area (Å²) in [4.78, 5) is 2.29. The first-order valence-electron chi connectivity index (χ1n) is 5.52. The van der Waals surface area contributed by atoms with Crippen LogP contribution in [0.5, 0.6) is 0 Å². The van der Waals surface area contributed by atoms with Gasteiger partial charge in [-0.2, -0.15) is 0 Å². The molecule has 1 aliphatic rings. The Morgan fingerprint density at radius 2 is 2.29 bits per heavy atom. The van der Waals surface area contributed by atoms with E-state index in [0.29, 0.717) is 11.1 Å². The van der Waals surface area contributed by atoms with Gasteiger partial charge in [0.2, 0.25) is 0 Å². The third kappa shape index (κ3) is 3.81. The topological polar surface area (TPSA) is 15.3 Å². The fourth-order valence-corrected chi connectivity index (χ4v) is 2.29. The van der Waals surface area contributed by atoms with Gasteiger partial charge in [-0.05, 0) is 37.2 Å². The largest absolute Gasteiger partial charge is 0.316 e. The molecule has 1 aromatic rings. The molecule has 2 nitrogen and oxygen atoms in total. The van der Waals surface area contributed by atoms with Gasteiger partial charge in [-0.1, -0.05) is 11.6 Å². The first kappa shape index (κ1) is 14.7. The first-order chi connectivity index (χ1) is 7.69. The number of hydrogen-bond acceptors (Lipinski definition) is 2. The number of likely N-dealkylation sites (tertiary alicyclic amines) is 1. The van der Waals surface area contributed by atoms with Gasteiger partial charge in [0.25, 0.3) is 0 Å². The van der Waals surface area contributed by atoms with Crippen molar-refractivity contribution < 1.29 is 4.39 Å². The Hall–Kier alpha value is -0.350. The van der Waals surface area contributed by atoms with Crippen LogP contribution in [0.4, 0.5) is 4.39 Å². The van der Waals surface area contributed by atoms with Crippen molar-refractivity contribution in [1.82, 2.24) is 10.2 Å². The molecule has 1 saturated heterocycles. The number of halogens is 3. The highest BCUT2D eigenvalue weighted by Crippen LogP contribution is 2.21. The molecule has 2 rings (SSSR count). The van der Waals surface area contributed by atoms with Crippen molar-refractivity contribution in [2.24, 2.45) is 0 Å². The molecule has 96 valence electrons. The Kier molecular flexibility index (Phi) is 5.67. The second-order valence-electron chi connectivity index (χ2n) is 4.25. The third-order valence-electron chi connectivity index (χ3n) is 3.08. The Balaban J connectivity index is 0.00000144. The molecule has 0 saturated carbocycles. The first-order valence-corrected chi connectivity index (χ1v) is 5.90. The Morgan fingerprint density at radius 1 is 1.53 bits per heavy atom. The maximum absolute atomic E-state index is 13.1. The predicted octanol–water partition coefficient (Wildman–Crippen LogP) is 2.69. The highest BCUT2D eigenvalue weighted by atomic mass is 35.5. The van der Waals surface area contributed by atoms with Crippen LogP contribution < -0.4 is 5.32 Å². The molecule has 1 aliphatic heterocycles. The zero-order valence-corrected chi connectivity index (χ0v) is 11.3. The number of likely N-dealkylation sites (N-methyl/N-ethyl adjacent to an activating group) is 1. The number of benzene rings is 1. The minimum absolute atomic E-state index is 0. The van der Waals surface area contributed by atoms with Gasteiger partial charge in [-0.15, -0.1) is 12.4 Å².